The third-order valence-electron chi connectivity index (χ3n) is 4.40. The maximum absolute atomic E-state index is 13.0. The smallest absolute Gasteiger partial charge is 0.274 e. The molecule has 2 heterocycles. The lowest BCUT2D eigenvalue weighted by Crippen LogP contribution is -2.22. The zero-order valence-electron chi connectivity index (χ0n) is 14.0. The predicted octanol–water partition coefficient (Wildman–Crippen LogP) is 3.84. The fraction of sp³-hybridized carbons (Fsp3) is 0.158. The lowest BCUT2D eigenvalue weighted by atomic mass is 10.1. The Kier molecular flexibility index (Phi) is 3.89. The summed E-state index contributed by atoms with van der Waals surface area (Å²) in [4.78, 5) is 18.3. The Morgan fingerprint density at radius 1 is 1.28 bits per heavy atom. The van der Waals surface area contributed by atoms with Crippen LogP contribution in [0.1, 0.15) is 16.7 Å². The molecule has 0 unspecified atom stereocenters. The van der Waals surface area contributed by atoms with Crippen LogP contribution >= 0.6 is 27.3 Å². The molecule has 0 saturated carbocycles. The largest absolute Gasteiger partial charge is 0.496 e. The summed E-state index contributed by atoms with van der Waals surface area (Å²) >= 11 is 5.00. The second-order valence-corrected chi connectivity index (χ2v) is 7.69. The van der Waals surface area contributed by atoms with Crippen LogP contribution < -0.4 is 14.8 Å². The van der Waals surface area contributed by atoms with E-state index in [2.05, 4.69) is 20.9 Å². The van der Waals surface area contributed by atoms with Crippen LogP contribution in [-0.2, 0) is 0 Å². The van der Waals surface area contributed by atoms with Crippen LogP contribution in [0.3, 0.4) is 0 Å². The summed E-state index contributed by atoms with van der Waals surface area (Å²) in [5.74, 6) is 0.743. The monoisotopic (exact) mass is 414 g/mol. The van der Waals surface area contributed by atoms with E-state index >= 15 is 0 Å². The Morgan fingerprint density at radius 3 is 2.80 bits per heavy atom. The highest BCUT2D eigenvalue weighted by Crippen LogP contribution is 2.30. The molecule has 0 spiro atoms. The third-order valence-corrected chi connectivity index (χ3v) is 6.34. The fourth-order valence-corrected chi connectivity index (χ4v) is 4.48. The van der Waals surface area contributed by atoms with Gasteiger partial charge in [0.05, 0.1) is 17.2 Å². The Morgan fingerprint density at radius 2 is 2.04 bits per heavy atom. The van der Waals surface area contributed by atoms with Crippen molar-refractivity contribution < 1.29 is 4.74 Å². The van der Waals surface area contributed by atoms with Crippen molar-refractivity contribution in [2.24, 2.45) is 0 Å². The fourth-order valence-electron chi connectivity index (χ4n) is 2.91. The molecule has 0 fully saturated rings. The van der Waals surface area contributed by atoms with E-state index in [4.69, 9.17) is 4.74 Å². The molecule has 0 bridgehead atoms. The first-order valence-electron chi connectivity index (χ1n) is 7.76. The standard InChI is InChI=1S/C19H15BrN2O2S/c1-10-8-13-17(16(20)11(10)2)21-19-22(13)18(23)15(25-19)9-12-6-4-5-7-14(12)24-3/h4-9H,1-3H3/b15-9-. The highest BCUT2D eigenvalue weighted by atomic mass is 79.9. The lowest BCUT2D eigenvalue weighted by Gasteiger charge is -2.03. The van der Waals surface area contributed by atoms with Gasteiger partial charge in [-0.05, 0) is 59.1 Å². The Bertz CT molecular complexity index is 1240. The van der Waals surface area contributed by atoms with Crippen molar-refractivity contribution in [3.63, 3.8) is 0 Å². The molecule has 0 aliphatic heterocycles. The van der Waals surface area contributed by atoms with Gasteiger partial charge in [-0.25, -0.2) is 9.38 Å². The van der Waals surface area contributed by atoms with Crippen LogP contribution in [-0.4, -0.2) is 16.5 Å². The van der Waals surface area contributed by atoms with Gasteiger partial charge in [-0.15, -0.1) is 0 Å². The van der Waals surface area contributed by atoms with Crippen LogP contribution in [0.15, 0.2) is 39.6 Å². The SMILES string of the molecule is COc1ccccc1/C=c1\sc2nc3c(Br)c(C)c(C)cc3n2c1=O. The van der Waals surface area contributed by atoms with Crippen molar-refractivity contribution in [2.75, 3.05) is 7.11 Å². The maximum Gasteiger partial charge on any atom is 0.274 e. The molecule has 0 amide bonds. The normalized spacial score (nSPS) is 12.4. The van der Waals surface area contributed by atoms with Gasteiger partial charge in [0.2, 0.25) is 0 Å². The van der Waals surface area contributed by atoms with Gasteiger partial charge in [-0.2, -0.15) is 0 Å². The summed E-state index contributed by atoms with van der Waals surface area (Å²) in [5.41, 5.74) is 4.77. The molecule has 0 radical (unpaired) electrons. The number of aromatic nitrogens is 2. The second kappa shape index (κ2) is 5.97. The van der Waals surface area contributed by atoms with Crippen molar-refractivity contribution in [1.29, 1.82) is 0 Å². The molecular formula is C19H15BrN2O2S. The molecule has 2 aromatic heterocycles. The number of rotatable bonds is 2. The zero-order chi connectivity index (χ0) is 17.7. The first-order chi connectivity index (χ1) is 12.0. The molecule has 0 aliphatic rings. The van der Waals surface area contributed by atoms with Crippen molar-refractivity contribution in [1.82, 2.24) is 9.38 Å². The molecule has 0 aliphatic carbocycles. The van der Waals surface area contributed by atoms with E-state index in [1.54, 1.807) is 11.5 Å². The van der Waals surface area contributed by atoms with Crippen LogP contribution in [0.5, 0.6) is 5.75 Å². The molecule has 4 aromatic rings. The van der Waals surface area contributed by atoms with Crippen molar-refractivity contribution in [2.45, 2.75) is 13.8 Å². The van der Waals surface area contributed by atoms with Crippen molar-refractivity contribution in [3.8, 4) is 5.75 Å². The molecule has 126 valence electrons. The van der Waals surface area contributed by atoms with Crippen LogP contribution in [0.4, 0.5) is 0 Å². The van der Waals surface area contributed by atoms with Crippen molar-refractivity contribution >= 4 is 49.3 Å². The van der Waals surface area contributed by atoms with Gasteiger partial charge in [0.15, 0.2) is 4.96 Å². The van der Waals surface area contributed by atoms with Gasteiger partial charge in [0.25, 0.3) is 5.56 Å². The maximum atomic E-state index is 13.0. The van der Waals surface area contributed by atoms with Gasteiger partial charge < -0.3 is 4.74 Å². The molecule has 6 heteroatoms. The average molecular weight is 415 g/mol. The highest BCUT2D eigenvalue weighted by Gasteiger charge is 2.16. The zero-order valence-corrected chi connectivity index (χ0v) is 16.4. The molecular weight excluding hydrogens is 400 g/mol. The van der Waals surface area contributed by atoms with Crippen LogP contribution in [0.25, 0.3) is 22.1 Å². The summed E-state index contributed by atoms with van der Waals surface area (Å²) in [5, 5.41) is 0. The number of methoxy groups -OCH3 is 1. The summed E-state index contributed by atoms with van der Waals surface area (Å²) in [6.45, 7) is 4.09. The summed E-state index contributed by atoms with van der Waals surface area (Å²) in [6, 6.07) is 9.68. The second-order valence-electron chi connectivity index (χ2n) is 5.89. The van der Waals surface area contributed by atoms with E-state index in [0.717, 1.165) is 37.9 Å². The number of ether oxygens (including phenoxy) is 1. The first kappa shape index (κ1) is 16.3. The minimum atomic E-state index is -0.0523. The molecule has 25 heavy (non-hydrogen) atoms. The predicted molar refractivity (Wildman–Crippen MR) is 106 cm³/mol. The first-order valence-corrected chi connectivity index (χ1v) is 9.37. The minimum Gasteiger partial charge on any atom is -0.496 e. The van der Waals surface area contributed by atoms with E-state index in [-0.39, 0.29) is 5.56 Å². The van der Waals surface area contributed by atoms with Crippen molar-refractivity contribution in [3.05, 3.63) is 66.4 Å². The number of nitrogens with zero attached hydrogens (tertiary/aromatic N) is 2. The number of hydrogen-bond donors (Lipinski definition) is 0. The number of aryl methyl sites for hydroxylation is 1. The lowest BCUT2D eigenvalue weighted by molar-refractivity contribution is 0.414. The Labute approximate surface area is 156 Å². The van der Waals surface area contributed by atoms with Gasteiger partial charge in [-0.3, -0.25) is 4.79 Å². The minimum absolute atomic E-state index is 0.0523. The molecule has 0 saturated heterocycles. The number of benzene rings is 2. The van der Waals surface area contributed by atoms with E-state index in [9.17, 15) is 4.79 Å². The Hall–Kier alpha value is -2.18. The van der Waals surface area contributed by atoms with Gasteiger partial charge in [0, 0.05) is 10.0 Å². The molecule has 2 aromatic carbocycles. The van der Waals surface area contributed by atoms with E-state index in [1.165, 1.54) is 11.3 Å². The molecule has 4 rings (SSSR count). The number of imidazole rings is 1. The summed E-state index contributed by atoms with van der Waals surface area (Å²) < 4.78 is 8.66. The average Bonchev–Trinajstić information content (AvgIpc) is 3.11. The van der Waals surface area contributed by atoms with E-state index < -0.39 is 0 Å². The van der Waals surface area contributed by atoms with Gasteiger partial charge >= 0.3 is 0 Å². The van der Waals surface area contributed by atoms with Gasteiger partial charge in [-0.1, -0.05) is 29.5 Å². The number of fused-ring (bicyclic) bond motifs is 3. The number of thiazole rings is 1. The number of hydrogen-bond acceptors (Lipinski definition) is 4. The molecule has 0 atom stereocenters. The Balaban J connectivity index is 2.04. The topological polar surface area (TPSA) is 43.6 Å². The van der Waals surface area contributed by atoms with Crippen LogP contribution in [0, 0.1) is 13.8 Å². The van der Waals surface area contributed by atoms with Crippen LogP contribution in [0.2, 0.25) is 0 Å². The van der Waals surface area contributed by atoms with E-state index in [0.29, 0.717) is 9.49 Å². The summed E-state index contributed by atoms with van der Waals surface area (Å²) in [7, 11) is 1.63. The van der Waals surface area contributed by atoms with E-state index in [1.807, 2.05) is 50.3 Å². The van der Waals surface area contributed by atoms with Gasteiger partial charge in [0.1, 0.15) is 11.3 Å². The molecule has 4 nitrogen and oxygen atoms in total. The molecule has 0 N–H and O–H groups in total. The highest BCUT2D eigenvalue weighted by molar-refractivity contribution is 9.10. The number of halogens is 1. The number of para-hydroxylation sites is 1. The quantitative estimate of drug-likeness (QED) is 0.500. The third kappa shape index (κ3) is 2.48. The summed E-state index contributed by atoms with van der Waals surface area (Å²) in [6.07, 6.45) is 1.86.